The highest BCUT2D eigenvalue weighted by Gasteiger charge is 2.17. The lowest BCUT2D eigenvalue weighted by molar-refractivity contribution is 0.0576. The highest BCUT2D eigenvalue weighted by atomic mass is 16.5. The summed E-state index contributed by atoms with van der Waals surface area (Å²) in [7, 11) is 2.09. The van der Waals surface area contributed by atoms with Gasteiger partial charge >= 0.3 is 0 Å². The maximum absolute atomic E-state index is 6.14. The second-order valence-corrected chi connectivity index (χ2v) is 5.33. The molecule has 1 aromatic heterocycles. The van der Waals surface area contributed by atoms with E-state index in [0.29, 0.717) is 5.92 Å². The van der Waals surface area contributed by atoms with Gasteiger partial charge in [-0.3, -0.25) is 5.10 Å². The third kappa shape index (κ3) is 2.51. The molecule has 0 radical (unpaired) electrons. The van der Waals surface area contributed by atoms with Crippen LogP contribution in [0.25, 0.3) is 10.9 Å². The standard InChI is InChI=1S/C14H20N4O/c1-18(8-10-3-2-4-19-9-10)14-6-13-11(5-12(14)15)7-16-17-13/h5-7,10H,2-4,8-9,15H2,1H3,(H,16,17). The summed E-state index contributed by atoms with van der Waals surface area (Å²) in [5, 5.41) is 8.08. The molecule has 1 aliphatic rings. The van der Waals surface area contributed by atoms with Crippen molar-refractivity contribution in [3.05, 3.63) is 18.3 Å². The molecule has 1 aromatic carbocycles. The van der Waals surface area contributed by atoms with Crippen LogP contribution in [0.4, 0.5) is 11.4 Å². The minimum atomic E-state index is 0.593. The number of hydrogen-bond donors (Lipinski definition) is 2. The van der Waals surface area contributed by atoms with Gasteiger partial charge in [-0.25, -0.2) is 0 Å². The number of aromatic nitrogens is 2. The van der Waals surface area contributed by atoms with Gasteiger partial charge in [0, 0.05) is 25.6 Å². The van der Waals surface area contributed by atoms with Crippen LogP contribution in [0.15, 0.2) is 18.3 Å². The van der Waals surface area contributed by atoms with Crippen molar-refractivity contribution in [2.45, 2.75) is 12.8 Å². The zero-order valence-corrected chi connectivity index (χ0v) is 11.2. The van der Waals surface area contributed by atoms with Crippen LogP contribution in [0.2, 0.25) is 0 Å². The van der Waals surface area contributed by atoms with Gasteiger partial charge in [-0.2, -0.15) is 5.10 Å². The summed E-state index contributed by atoms with van der Waals surface area (Å²) < 4.78 is 5.53. The van der Waals surface area contributed by atoms with Crippen LogP contribution < -0.4 is 10.6 Å². The average molecular weight is 260 g/mol. The van der Waals surface area contributed by atoms with E-state index in [0.717, 1.165) is 48.5 Å². The molecule has 3 N–H and O–H groups in total. The number of benzene rings is 1. The summed E-state index contributed by atoms with van der Waals surface area (Å²) in [5.74, 6) is 0.593. The smallest absolute Gasteiger partial charge is 0.0672 e. The molecule has 5 nitrogen and oxygen atoms in total. The summed E-state index contributed by atoms with van der Waals surface area (Å²) in [6.07, 6.45) is 4.19. The van der Waals surface area contributed by atoms with Crippen LogP contribution in [0, 0.1) is 5.92 Å². The van der Waals surface area contributed by atoms with Crippen molar-refractivity contribution in [1.82, 2.24) is 10.2 Å². The molecule has 19 heavy (non-hydrogen) atoms. The number of anilines is 2. The average Bonchev–Trinajstić information content (AvgIpc) is 2.86. The number of nitrogens with two attached hydrogens (primary N) is 1. The highest BCUT2D eigenvalue weighted by molar-refractivity contribution is 5.88. The Balaban J connectivity index is 1.79. The zero-order valence-electron chi connectivity index (χ0n) is 11.2. The molecule has 1 fully saturated rings. The fraction of sp³-hybridized carbons (Fsp3) is 0.500. The second-order valence-electron chi connectivity index (χ2n) is 5.33. The van der Waals surface area contributed by atoms with Crippen molar-refractivity contribution >= 4 is 22.3 Å². The number of aromatic amines is 1. The molecule has 1 atom stereocenters. The number of H-pyrrole nitrogens is 1. The molecule has 1 saturated heterocycles. The lowest BCUT2D eigenvalue weighted by Crippen LogP contribution is -2.31. The lowest BCUT2D eigenvalue weighted by Gasteiger charge is -2.29. The van der Waals surface area contributed by atoms with E-state index < -0.39 is 0 Å². The highest BCUT2D eigenvalue weighted by Crippen LogP contribution is 2.28. The first kappa shape index (κ1) is 12.3. The van der Waals surface area contributed by atoms with Crippen LogP contribution >= 0.6 is 0 Å². The molecule has 1 unspecified atom stereocenters. The molecule has 0 saturated carbocycles. The Hall–Kier alpha value is -1.75. The molecule has 3 rings (SSSR count). The van der Waals surface area contributed by atoms with Crippen molar-refractivity contribution in [2.24, 2.45) is 5.92 Å². The summed E-state index contributed by atoms with van der Waals surface area (Å²) in [6, 6.07) is 4.05. The van der Waals surface area contributed by atoms with E-state index in [1.165, 1.54) is 6.42 Å². The summed E-state index contributed by atoms with van der Waals surface area (Å²) >= 11 is 0. The molecule has 0 amide bonds. The van der Waals surface area contributed by atoms with Crippen molar-refractivity contribution in [3.63, 3.8) is 0 Å². The first-order valence-electron chi connectivity index (χ1n) is 6.75. The lowest BCUT2D eigenvalue weighted by atomic mass is 10.0. The molecular weight excluding hydrogens is 240 g/mol. The summed E-state index contributed by atoms with van der Waals surface area (Å²) in [4.78, 5) is 2.22. The topological polar surface area (TPSA) is 67.2 Å². The largest absolute Gasteiger partial charge is 0.397 e. The molecule has 0 bridgehead atoms. The van der Waals surface area contributed by atoms with Crippen LogP contribution in [0.1, 0.15) is 12.8 Å². The molecule has 1 aliphatic heterocycles. The van der Waals surface area contributed by atoms with Gasteiger partial charge in [-0.15, -0.1) is 0 Å². The van der Waals surface area contributed by atoms with Crippen LogP contribution in [-0.4, -0.2) is 37.0 Å². The predicted octanol–water partition coefficient (Wildman–Crippen LogP) is 2.01. The zero-order chi connectivity index (χ0) is 13.2. The quantitative estimate of drug-likeness (QED) is 0.828. The van der Waals surface area contributed by atoms with Crippen LogP contribution in [-0.2, 0) is 4.74 Å². The van der Waals surface area contributed by atoms with E-state index >= 15 is 0 Å². The Morgan fingerprint density at radius 1 is 1.53 bits per heavy atom. The van der Waals surface area contributed by atoms with Gasteiger partial charge in [0.25, 0.3) is 0 Å². The van der Waals surface area contributed by atoms with Gasteiger partial charge in [-0.1, -0.05) is 0 Å². The molecule has 5 heteroatoms. The summed E-state index contributed by atoms with van der Waals surface area (Å²) in [5.41, 5.74) is 9.02. The number of fused-ring (bicyclic) bond motifs is 1. The van der Waals surface area contributed by atoms with E-state index in [1.54, 1.807) is 6.20 Å². The number of nitrogens with one attached hydrogen (secondary N) is 1. The summed E-state index contributed by atoms with van der Waals surface area (Å²) in [6.45, 7) is 2.74. The van der Waals surface area contributed by atoms with Gasteiger partial charge in [0.05, 0.1) is 29.7 Å². The van der Waals surface area contributed by atoms with E-state index in [-0.39, 0.29) is 0 Å². The minimum absolute atomic E-state index is 0.593. The predicted molar refractivity (Wildman–Crippen MR) is 77.3 cm³/mol. The number of nitrogen functional groups attached to an aromatic ring is 1. The van der Waals surface area contributed by atoms with Crippen molar-refractivity contribution in [1.29, 1.82) is 0 Å². The first-order valence-corrected chi connectivity index (χ1v) is 6.75. The fourth-order valence-electron chi connectivity index (χ4n) is 2.77. The second kappa shape index (κ2) is 5.09. The number of hydrogen-bond acceptors (Lipinski definition) is 4. The third-order valence-electron chi connectivity index (χ3n) is 3.79. The Kier molecular flexibility index (Phi) is 3.29. The monoisotopic (exact) mass is 260 g/mol. The molecular formula is C14H20N4O. The number of nitrogens with zero attached hydrogens (tertiary/aromatic N) is 2. The maximum Gasteiger partial charge on any atom is 0.0672 e. The van der Waals surface area contributed by atoms with Gasteiger partial charge in [0.2, 0.25) is 0 Å². The van der Waals surface area contributed by atoms with Gasteiger partial charge < -0.3 is 15.4 Å². The third-order valence-corrected chi connectivity index (χ3v) is 3.79. The Bertz CT molecular complexity index is 560. The van der Waals surface area contributed by atoms with E-state index in [1.807, 2.05) is 6.07 Å². The first-order chi connectivity index (χ1) is 9.24. The molecule has 0 spiro atoms. The van der Waals surface area contributed by atoms with Crippen molar-refractivity contribution in [2.75, 3.05) is 37.4 Å². The van der Waals surface area contributed by atoms with Crippen molar-refractivity contribution in [3.8, 4) is 0 Å². The Morgan fingerprint density at radius 2 is 2.42 bits per heavy atom. The molecule has 0 aliphatic carbocycles. The van der Waals surface area contributed by atoms with E-state index in [4.69, 9.17) is 10.5 Å². The number of ether oxygens (including phenoxy) is 1. The van der Waals surface area contributed by atoms with Gasteiger partial charge in [0.1, 0.15) is 0 Å². The molecule has 2 heterocycles. The Labute approximate surface area is 112 Å². The SMILES string of the molecule is CN(CC1CCCOC1)c1cc2[nH]ncc2cc1N. The van der Waals surface area contributed by atoms with E-state index in [2.05, 4.69) is 28.2 Å². The fourth-order valence-corrected chi connectivity index (χ4v) is 2.77. The van der Waals surface area contributed by atoms with Crippen LogP contribution in [0.3, 0.4) is 0 Å². The van der Waals surface area contributed by atoms with Crippen LogP contribution in [0.5, 0.6) is 0 Å². The normalized spacial score (nSPS) is 19.7. The molecule has 2 aromatic rings. The maximum atomic E-state index is 6.14. The minimum Gasteiger partial charge on any atom is -0.397 e. The van der Waals surface area contributed by atoms with Gasteiger partial charge in [-0.05, 0) is 30.9 Å². The Morgan fingerprint density at radius 3 is 3.21 bits per heavy atom. The van der Waals surface area contributed by atoms with Crippen molar-refractivity contribution < 1.29 is 4.74 Å². The van der Waals surface area contributed by atoms with Gasteiger partial charge in [0.15, 0.2) is 0 Å². The number of rotatable bonds is 3. The van der Waals surface area contributed by atoms with E-state index in [9.17, 15) is 0 Å². The molecule has 102 valence electrons.